The van der Waals surface area contributed by atoms with Crippen molar-refractivity contribution in [3.63, 3.8) is 0 Å². The molecule has 1 heterocycles. The predicted molar refractivity (Wildman–Crippen MR) is 83.1 cm³/mol. The number of aryl methyl sites for hydroxylation is 1. The molecule has 2 rings (SSSR count). The van der Waals surface area contributed by atoms with E-state index in [-0.39, 0.29) is 11.9 Å². The van der Waals surface area contributed by atoms with Crippen LogP contribution in [0.5, 0.6) is 0 Å². The maximum Gasteiger partial charge on any atom is 0.222 e. The van der Waals surface area contributed by atoms with Gasteiger partial charge in [0.2, 0.25) is 5.91 Å². The number of imidazole rings is 1. The molecule has 5 nitrogen and oxygen atoms in total. The zero-order valence-corrected chi connectivity index (χ0v) is 12.9. The first-order valence-electron chi connectivity index (χ1n) is 7.47. The highest BCUT2D eigenvalue weighted by Crippen LogP contribution is 2.19. The number of benzene rings is 1. The molecule has 114 valence electrons. The van der Waals surface area contributed by atoms with Crippen LogP contribution >= 0.6 is 0 Å². The SMILES string of the molecule is CCOCCC(=O)N[C@H](CC)c1nc2ccc(C)cc2[nH]1. The Morgan fingerprint density at radius 3 is 2.95 bits per heavy atom. The molecule has 0 spiro atoms. The first kappa shape index (κ1) is 15.5. The molecule has 0 fully saturated rings. The number of carbonyl (C=O) groups is 1. The van der Waals surface area contributed by atoms with Gasteiger partial charge in [0.05, 0.1) is 23.7 Å². The summed E-state index contributed by atoms with van der Waals surface area (Å²) in [5, 5.41) is 3.00. The standard InChI is InChI=1S/C16H23N3O2/c1-4-12(17-15(20)8-9-21-5-2)16-18-13-7-6-11(3)10-14(13)19-16/h6-7,10,12H,4-5,8-9H2,1-3H3,(H,17,20)(H,18,19)/t12-/m1/s1. The number of nitrogens with one attached hydrogen (secondary N) is 2. The van der Waals surface area contributed by atoms with E-state index in [4.69, 9.17) is 4.74 Å². The van der Waals surface area contributed by atoms with Crippen molar-refractivity contribution >= 4 is 16.9 Å². The van der Waals surface area contributed by atoms with E-state index in [1.54, 1.807) is 0 Å². The monoisotopic (exact) mass is 289 g/mol. The molecule has 1 aromatic carbocycles. The Balaban J connectivity index is 2.06. The van der Waals surface area contributed by atoms with E-state index < -0.39 is 0 Å². The van der Waals surface area contributed by atoms with Crippen molar-refractivity contribution in [3.05, 3.63) is 29.6 Å². The summed E-state index contributed by atoms with van der Waals surface area (Å²) >= 11 is 0. The van der Waals surface area contributed by atoms with E-state index in [1.807, 2.05) is 32.9 Å². The van der Waals surface area contributed by atoms with Crippen LogP contribution < -0.4 is 5.32 Å². The molecular formula is C16H23N3O2. The number of hydrogen-bond acceptors (Lipinski definition) is 3. The van der Waals surface area contributed by atoms with Gasteiger partial charge in [0, 0.05) is 13.0 Å². The van der Waals surface area contributed by atoms with Crippen LogP contribution in [0.15, 0.2) is 18.2 Å². The molecule has 0 aliphatic rings. The van der Waals surface area contributed by atoms with E-state index in [0.29, 0.717) is 19.6 Å². The first-order chi connectivity index (χ1) is 10.1. The highest BCUT2D eigenvalue weighted by molar-refractivity contribution is 5.78. The predicted octanol–water partition coefficient (Wildman–Crippen LogP) is 2.87. The summed E-state index contributed by atoms with van der Waals surface area (Å²) in [7, 11) is 0. The number of fused-ring (bicyclic) bond motifs is 1. The Bertz CT molecular complexity index is 607. The average molecular weight is 289 g/mol. The summed E-state index contributed by atoms with van der Waals surface area (Å²) in [6, 6.07) is 6.00. The number of hydrogen-bond donors (Lipinski definition) is 2. The van der Waals surface area contributed by atoms with Crippen LogP contribution in [0.25, 0.3) is 11.0 Å². The normalized spacial score (nSPS) is 12.5. The van der Waals surface area contributed by atoms with Gasteiger partial charge in [-0.25, -0.2) is 4.98 Å². The summed E-state index contributed by atoms with van der Waals surface area (Å²) < 4.78 is 5.20. The van der Waals surface area contributed by atoms with Crippen molar-refractivity contribution in [2.24, 2.45) is 0 Å². The van der Waals surface area contributed by atoms with Crippen LogP contribution in [0.4, 0.5) is 0 Å². The Morgan fingerprint density at radius 1 is 1.43 bits per heavy atom. The molecule has 0 aliphatic heterocycles. The minimum absolute atomic E-state index is 0.00747. The second kappa shape index (κ2) is 7.22. The van der Waals surface area contributed by atoms with Crippen LogP contribution in [-0.4, -0.2) is 29.1 Å². The van der Waals surface area contributed by atoms with Crippen LogP contribution in [0.1, 0.15) is 44.1 Å². The molecule has 5 heteroatoms. The minimum Gasteiger partial charge on any atom is -0.381 e. The maximum absolute atomic E-state index is 11.9. The summed E-state index contributed by atoms with van der Waals surface area (Å²) in [5.41, 5.74) is 3.12. The van der Waals surface area contributed by atoms with Crippen molar-refractivity contribution in [2.75, 3.05) is 13.2 Å². The summed E-state index contributed by atoms with van der Waals surface area (Å²) in [6.45, 7) is 7.09. The van der Waals surface area contributed by atoms with Gasteiger partial charge in [0.1, 0.15) is 5.82 Å². The third-order valence-electron chi connectivity index (χ3n) is 3.41. The highest BCUT2D eigenvalue weighted by Gasteiger charge is 2.16. The maximum atomic E-state index is 11.9. The van der Waals surface area contributed by atoms with E-state index in [9.17, 15) is 4.79 Å². The van der Waals surface area contributed by atoms with Gasteiger partial charge >= 0.3 is 0 Å². The molecule has 21 heavy (non-hydrogen) atoms. The zero-order valence-electron chi connectivity index (χ0n) is 12.9. The lowest BCUT2D eigenvalue weighted by molar-refractivity contribution is -0.123. The van der Waals surface area contributed by atoms with E-state index in [1.165, 1.54) is 5.56 Å². The van der Waals surface area contributed by atoms with Gasteiger partial charge < -0.3 is 15.0 Å². The van der Waals surface area contributed by atoms with E-state index >= 15 is 0 Å². The largest absolute Gasteiger partial charge is 0.381 e. The number of rotatable bonds is 7. The number of aromatic amines is 1. The number of H-pyrrole nitrogens is 1. The summed E-state index contributed by atoms with van der Waals surface area (Å²) in [4.78, 5) is 19.8. The van der Waals surface area contributed by atoms with Gasteiger partial charge in [-0.2, -0.15) is 0 Å². The summed E-state index contributed by atoms with van der Waals surface area (Å²) in [5.74, 6) is 0.801. The average Bonchev–Trinajstić information content (AvgIpc) is 2.87. The van der Waals surface area contributed by atoms with Crippen LogP contribution in [0.2, 0.25) is 0 Å². The van der Waals surface area contributed by atoms with Crippen LogP contribution in [0, 0.1) is 6.92 Å². The van der Waals surface area contributed by atoms with Gasteiger partial charge in [-0.3, -0.25) is 4.79 Å². The van der Waals surface area contributed by atoms with Crippen molar-refractivity contribution < 1.29 is 9.53 Å². The molecule has 2 aromatic rings. The second-order valence-corrected chi connectivity index (χ2v) is 5.12. The van der Waals surface area contributed by atoms with Gasteiger partial charge in [0.25, 0.3) is 0 Å². The van der Waals surface area contributed by atoms with Gasteiger partial charge in [-0.05, 0) is 38.0 Å². The topological polar surface area (TPSA) is 67.0 Å². The number of carbonyl (C=O) groups excluding carboxylic acids is 1. The molecule has 0 bridgehead atoms. The third kappa shape index (κ3) is 4.04. The smallest absolute Gasteiger partial charge is 0.222 e. The van der Waals surface area contributed by atoms with Crippen molar-refractivity contribution in [2.45, 2.75) is 39.7 Å². The molecule has 0 saturated carbocycles. The Kier molecular flexibility index (Phi) is 5.33. The number of nitrogens with zero attached hydrogens (tertiary/aromatic N) is 1. The van der Waals surface area contributed by atoms with E-state index in [0.717, 1.165) is 23.3 Å². The number of amides is 1. The third-order valence-corrected chi connectivity index (χ3v) is 3.41. The van der Waals surface area contributed by atoms with Crippen LogP contribution in [-0.2, 0) is 9.53 Å². The van der Waals surface area contributed by atoms with E-state index in [2.05, 4.69) is 21.4 Å². The fourth-order valence-corrected chi connectivity index (χ4v) is 2.25. The minimum atomic E-state index is -0.0909. The molecular weight excluding hydrogens is 266 g/mol. The van der Waals surface area contributed by atoms with Gasteiger partial charge in [-0.1, -0.05) is 13.0 Å². The molecule has 1 aromatic heterocycles. The highest BCUT2D eigenvalue weighted by atomic mass is 16.5. The fourth-order valence-electron chi connectivity index (χ4n) is 2.25. The number of aromatic nitrogens is 2. The Hall–Kier alpha value is -1.88. The summed E-state index contributed by atoms with van der Waals surface area (Å²) in [6.07, 6.45) is 1.17. The van der Waals surface area contributed by atoms with Crippen molar-refractivity contribution in [1.82, 2.24) is 15.3 Å². The lowest BCUT2D eigenvalue weighted by atomic mass is 10.2. The molecule has 2 N–H and O–H groups in total. The first-order valence-corrected chi connectivity index (χ1v) is 7.47. The lowest BCUT2D eigenvalue weighted by Gasteiger charge is -2.14. The fraction of sp³-hybridized carbons (Fsp3) is 0.500. The lowest BCUT2D eigenvalue weighted by Crippen LogP contribution is -2.29. The molecule has 0 radical (unpaired) electrons. The number of ether oxygens (including phenoxy) is 1. The zero-order chi connectivity index (χ0) is 15.2. The van der Waals surface area contributed by atoms with Gasteiger partial charge in [0.15, 0.2) is 0 Å². The molecule has 0 unspecified atom stereocenters. The van der Waals surface area contributed by atoms with Crippen molar-refractivity contribution in [1.29, 1.82) is 0 Å². The Labute approximate surface area is 125 Å². The second-order valence-electron chi connectivity index (χ2n) is 5.12. The molecule has 0 saturated heterocycles. The quantitative estimate of drug-likeness (QED) is 0.770. The van der Waals surface area contributed by atoms with Gasteiger partial charge in [-0.15, -0.1) is 0 Å². The Morgan fingerprint density at radius 2 is 2.24 bits per heavy atom. The van der Waals surface area contributed by atoms with Crippen molar-refractivity contribution in [3.8, 4) is 0 Å². The molecule has 0 aliphatic carbocycles. The molecule has 1 amide bonds. The molecule has 1 atom stereocenters. The van der Waals surface area contributed by atoms with Crippen LogP contribution in [0.3, 0.4) is 0 Å².